The predicted octanol–water partition coefficient (Wildman–Crippen LogP) is 4.85. The Kier molecular flexibility index (Phi) is 4.95. The molecule has 0 aromatic heterocycles. The van der Waals surface area contributed by atoms with Crippen molar-refractivity contribution in [1.29, 1.82) is 0 Å². The zero-order chi connectivity index (χ0) is 16.4. The molecule has 1 heterocycles. The number of anilines is 1. The van der Waals surface area contributed by atoms with Gasteiger partial charge in [0.05, 0.1) is 10.8 Å². The molecule has 0 atom stereocenters. The van der Waals surface area contributed by atoms with Crippen molar-refractivity contribution in [2.45, 2.75) is 17.7 Å². The quantitative estimate of drug-likeness (QED) is 0.621. The summed E-state index contributed by atoms with van der Waals surface area (Å²) in [6.45, 7) is 0. The van der Waals surface area contributed by atoms with Gasteiger partial charge in [-0.25, -0.2) is 0 Å². The van der Waals surface area contributed by atoms with Gasteiger partial charge in [0.15, 0.2) is 5.78 Å². The van der Waals surface area contributed by atoms with Gasteiger partial charge in [-0.2, -0.15) is 0 Å². The maximum Gasteiger partial charge on any atom is 0.224 e. The molecule has 1 aliphatic heterocycles. The Morgan fingerprint density at radius 3 is 2.74 bits per heavy atom. The van der Waals surface area contributed by atoms with Crippen molar-refractivity contribution in [1.82, 2.24) is 0 Å². The van der Waals surface area contributed by atoms with E-state index in [-0.39, 0.29) is 11.7 Å². The van der Waals surface area contributed by atoms with Crippen LogP contribution < -0.4 is 5.32 Å². The topological polar surface area (TPSA) is 46.2 Å². The normalized spacial score (nSPS) is 13.4. The Hall–Kier alpha value is -1.49. The summed E-state index contributed by atoms with van der Waals surface area (Å²) in [5, 5.41) is 3.93. The van der Waals surface area contributed by atoms with Crippen molar-refractivity contribution in [3.05, 3.63) is 57.6 Å². The molecule has 1 aliphatic rings. The Bertz CT molecular complexity index is 792. The smallest absolute Gasteiger partial charge is 0.224 e. The molecule has 3 nitrogen and oxygen atoms in total. The van der Waals surface area contributed by atoms with E-state index in [0.717, 1.165) is 16.1 Å². The maximum atomic E-state index is 12.4. The second-order valence-electron chi connectivity index (χ2n) is 5.21. The first kappa shape index (κ1) is 16.4. The van der Waals surface area contributed by atoms with E-state index in [1.165, 1.54) is 11.8 Å². The highest BCUT2D eigenvalue weighted by molar-refractivity contribution is 8.00. The number of nitrogens with one attached hydrogen (secondary N) is 1. The number of benzene rings is 2. The first-order chi connectivity index (χ1) is 11.0. The fourth-order valence-electron chi connectivity index (χ4n) is 2.38. The average molecular weight is 366 g/mol. The number of hydrogen-bond acceptors (Lipinski definition) is 3. The second kappa shape index (κ2) is 6.95. The molecule has 0 fully saturated rings. The molecule has 6 heteroatoms. The van der Waals surface area contributed by atoms with Crippen LogP contribution in [0, 0.1) is 0 Å². The summed E-state index contributed by atoms with van der Waals surface area (Å²) < 4.78 is 0. The molecule has 1 N–H and O–H groups in total. The third-order valence-corrected chi connectivity index (χ3v) is 5.31. The number of hydrogen-bond donors (Lipinski definition) is 1. The third kappa shape index (κ3) is 3.89. The summed E-state index contributed by atoms with van der Waals surface area (Å²) in [5.41, 5.74) is 2.45. The number of aryl methyl sites for hydroxylation is 1. The molecule has 0 saturated carbocycles. The lowest BCUT2D eigenvalue weighted by Gasteiger charge is -2.17. The van der Waals surface area contributed by atoms with Crippen LogP contribution in [0.5, 0.6) is 0 Å². The summed E-state index contributed by atoms with van der Waals surface area (Å²) in [7, 11) is 0. The molecule has 118 valence electrons. The van der Waals surface area contributed by atoms with Crippen LogP contribution in [0.1, 0.15) is 22.3 Å². The van der Waals surface area contributed by atoms with E-state index in [1.54, 1.807) is 24.3 Å². The van der Waals surface area contributed by atoms with Crippen LogP contribution >= 0.6 is 35.0 Å². The van der Waals surface area contributed by atoms with Crippen molar-refractivity contribution in [2.24, 2.45) is 0 Å². The number of Topliss-reactive ketones (excluding diaryl/α,β-unsaturated/α-hetero) is 1. The molecule has 3 rings (SSSR count). The van der Waals surface area contributed by atoms with Gasteiger partial charge in [0.2, 0.25) is 5.91 Å². The van der Waals surface area contributed by atoms with Crippen molar-refractivity contribution in [3.63, 3.8) is 0 Å². The van der Waals surface area contributed by atoms with E-state index in [0.29, 0.717) is 34.2 Å². The predicted molar refractivity (Wildman–Crippen MR) is 94.9 cm³/mol. The molecule has 0 unspecified atom stereocenters. The summed E-state index contributed by atoms with van der Waals surface area (Å²) in [5.74, 6) is 0.345. The fraction of sp³-hybridized carbons (Fsp3) is 0.176. The van der Waals surface area contributed by atoms with E-state index in [2.05, 4.69) is 5.32 Å². The molecule has 2 aromatic rings. The summed E-state index contributed by atoms with van der Waals surface area (Å²) in [6.07, 6.45) is 1.12. The number of halogens is 2. The lowest BCUT2D eigenvalue weighted by Crippen LogP contribution is -2.19. The van der Waals surface area contributed by atoms with Crippen molar-refractivity contribution >= 4 is 52.3 Å². The number of amides is 1. The molecule has 0 saturated heterocycles. The highest BCUT2D eigenvalue weighted by Gasteiger charge is 2.17. The van der Waals surface area contributed by atoms with Crippen molar-refractivity contribution < 1.29 is 9.59 Å². The number of ketones is 1. The first-order valence-electron chi connectivity index (χ1n) is 7.07. The Labute approximate surface area is 148 Å². The number of fused-ring (bicyclic) bond motifs is 1. The van der Waals surface area contributed by atoms with Crippen LogP contribution in [0.4, 0.5) is 5.69 Å². The fourth-order valence-corrected chi connectivity index (χ4v) is 3.76. The van der Waals surface area contributed by atoms with E-state index < -0.39 is 0 Å². The number of rotatable bonds is 4. The molecular formula is C17H13Cl2NO2S. The van der Waals surface area contributed by atoms with Gasteiger partial charge in [0.1, 0.15) is 0 Å². The van der Waals surface area contributed by atoms with Crippen molar-refractivity contribution in [2.75, 3.05) is 11.1 Å². The van der Waals surface area contributed by atoms with E-state index >= 15 is 0 Å². The van der Waals surface area contributed by atoms with Gasteiger partial charge in [-0.05, 0) is 48.4 Å². The van der Waals surface area contributed by atoms with Gasteiger partial charge in [-0.1, -0.05) is 23.2 Å². The monoisotopic (exact) mass is 365 g/mol. The lowest BCUT2D eigenvalue weighted by atomic mass is 9.99. The molecule has 0 radical (unpaired) electrons. The Balaban J connectivity index is 1.70. The number of thioether (sulfide) groups is 1. The van der Waals surface area contributed by atoms with Gasteiger partial charge in [-0.3, -0.25) is 9.59 Å². The zero-order valence-electron chi connectivity index (χ0n) is 12.1. The SMILES string of the molecule is O=C1CCc2cc(C(=O)CSc3ccc(Cl)cc3Cl)ccc2N1. The summed E-state index contributed by atoms with van der Waals surface area (Å²) >= 11 is 13.4. The lowest BCUT2D eigenvalue weighted by molar-refractivity contribution is -0.116. The zero-order valence-corrected chi connectivity index (χ0v) is 14.4. The van der Waals surface area contributed by atoms with Crippen LogP contribution in [0.2, 0.25) is 10.0 Å². The first-order valence-corrected chi connectivity index (χ1v) is 8.81. The largest absolute Gasteiger partial charge is 0.326 e. The van der Waals surface area contributed by atoms with Crippen LogP contribution in [-0.2, 0) is 11.2 Å². The summed E-state index contributed by atoms with van der Waals surface area (Å²) in [6, 6.07) is 10.6. The average Bonchev–Trinajstić information content (AvgIpc) is 2.53. The van der Waals surface area contributed by atoms with Gasteiger partial charge >= 0.3 is 0 Å². The van der Waals surface area contributed by atoms with Gasteiger partial charge in [-0.15, -0.1) is 11.8 Å². The highest BCUT2D eigenvalue weighted by atomic mass is 35.5. The molecule has 0 aliphatic carbocycles. The summed E-state index contributed by atoms with van der Waals surface area (Å²) in [4.78, 5) is 24.6. The maximum absolute atomic E-state index is 12.4. The third-order valence-electron chi connectivity index (χ3n) is 3.58. The van der Waals surface area contributed by atoms with Gasteiger partial charge < -0.3 is 5.32 Å². The minimum atomic E-state index is 0.0181. The highest BCUT2D eigenvalue weighted by Crippen LogP contribution is 2.30. The van der Waals surface area contributed by atoms with Crippen LogP contribution in [0.25, 0.3) is 0 Å². The van der Waals surface area contributed by atoms with Crippen LogP contribution in [0.15, 0.2) is 41.3 Å². The van der Waals surface area contributed by atoms with E-state index in [9.17, 15) is 9.59 Å². The van der Waals surface area contributed by atoms with Gasteiger partial charge in [0.25, 0.3) is 0 Å². The molecular weight excluding hydrogens is 353 g/mol. The minimum absolute atomic E-state index is 0.0181. The Morgan fingerprint density at radius 2 is 1.96 bits per heavy atom. The van der Waals surface area contributed by atoms with Crippen LogP contribution in [0.3, 0.4) is 0 Å². The molecule has 0 bridgehead atoms. The molecule has 0 spiro atoms. The van der Waals surface area contributed by atoms with Crippen molar-refractivity contribution in [3.8, 4) is 0 Å². The number of carbonyl (C=O) groups excluding carboxylic acids is 2. The Morgan fingerprint density at radius 1 is 1.13 bits per heavy atom. The number of carbonyl (C=O) groups is 2. The van der Waals surface area contributed by atoms with E-state index in [4.69, 9.17) is 23.2 Å². The van der Waals surface area contributed by atoms with Crippen LogP contribution in [-0.4, -0.2) is 17.4 Å². The molecule has 2 aromatic carbocycles. The van der Waals surface area contributed by atoms with Gasteiger partial charge in [0, 0.05) is 27.6 Å². The molecule has 1 amide bonds. The minimum Gasteiger partial charge on any atom is -0.326 e. The standard InChI is InChI=1S/C17H13Cl2NO2S/c18-12-3-5-16(13(19)8-12)23-9-15(21)11-1-4-14-10(7-11)2-6-17(22)20-14/h1,3-5,7-8H,2,6,9H2,(H,20,22). The second-order valence-corrected chi connectivity index (χ2v) is 7.07. The molecule has 23 heavy (non-hydrogen) atoms. The van der Waals surface area contributed by atoms with E-state index in [1.807, 2.05) is 12.1 Å².